The summed E-state index contributed by atoms with van der Waals surface area (Å²) in [5.74, 6) is 0.692. The van der Waals surface area contributed by atoms with E-state index in [4.69, 9.17) is 4.74 Å². The largest absolute Gasteiger partial charge is 0.481 e. The number of nitrogens with zero attached hydrogens (tertiary/aromatic N) is 1. The lowest BCUT2D eigenvalue weighted by Crippen LogP contribution is -1.87. The Kier molecular flexibility index (Phi) is 2.31. The van der Waals surface area contributed by atoms with Crippen molar-refractivity contribution in [3.05, 3.63) is 18.3 Å². The number of aromatic nitrogens is 2. The van der Waals surface area contributed by atoms with Gasteiger partial charge in [-0.3, -0.25) is 0 Å². The zero-order chi connectivity index (χ0) is 8.27. The minimum Gasteiger partial charge on any atom is -0.481 e. The number of allylic oxidation sites excluding steroid dienone is 1. The summed E-state index contributed by atoms with van der Waals surface area (Å²) in [4.78, 5) is 0. The fourth-order valence-corrected chi connectivity index (χ4v) is 0.872. The van der Waals surface area contributed by atoms with Crippen molar-refractivity contribution in [1.82, 2.24) is 10.2 Å². The third kappa shape index (κ3) is 1.42. The zero-order valence-corrected chi connectivity index (χ0v) is 6.85. The second kappa shape index (κ2) is 3.23. The van der Waals surface area contributed by atoms with Gasteiger partial charge < -0.3 is 4.74 Å². The van der Waals surface area contributed by atoms with Gasteiger partial charge in [-0.25, -0.2) is 5.10 Å². The van der Waals surface area contributed by atoms with Crippen LogP contribution in [-0.4, -0.2) is 17.3 Å². The second-order valence-electron chi connectivity index (χ2n) is 2.27. The highest BCUT2D eigenvalue weighted by atomic mass is 16.5. The van der Waals surface area contributed by atoms with Gasteiger partial charge in [0.1, 0.15) is 0 Å². The van der Waals surface area contributed by atoms with Crippen molar-refractivity contribution in [3.8, 4) is 5.88 Å². The van der Waals surface area contributed by atoms with Gasteiger partial charge in [-0.1, -0.05) is 13.5 Å². The van der Waals surface area contributed by atoms with Crippen molar-refractivity contribution in [2.45, 2.75) is 13.3 Å². The van der Waals surface area contributed by atoms with E-state index in [-0.39, 0.29) is 0 Å². The molecule has 0 spiro atoms. The third-order valence-electron chi connectivity index (χ3n) is 1.62. The van der Waals surface area contributed by atoms with Crippen molar-refractivity contribution >= 4 is 5.57 Å². The summed E-state index contributed by atoms with van der Waals surface area (Å²) >= 11 is 0. The molecule has 0 aliphatic heterocycles. The van der Waals surface area contributed by atoms with E-state index in [1.165, 1.54) is 0 Å². The predicted molar refractivity (Wildman–Crippen MR) is 44.5 cm³/mol. The van der Waals surface area contributed by atoms with Crippen LogP contribution in [0.4, 0.5) is 0 Å². The third-order valence-corrected chi connectivity index (χ3v) is 1.62. The lowest BCUT2D eigenvalue weighted by Gasteiger charge is -2.00. The molecule has 1 aromatic heterocycles. The van der Waals surface area contributed by atoms with E-state index in [9.17, 15) is 0 Å². The molecule has 0 saturated heterocycles. The first-order chi connectivity index (χ1) is 5.29. The summed E-state index contributed by atoms with van der Waals surface area (Å²) < 4.78 is 5.03. The number of rotatable bonds is 3. The molecule has 0 aliphatic rings. The predicted octanol–water partition coefficient (Wildman–Crippen LogP) is 1.84. The summed E-state index contributed by atoms with van der Waals surface area (Å²) in [6.07, 6.45) is 2.64. The van der Waals surface area contributed by atoms with Crippen LogP contribution in [0.25, 0.3) is 5.57 Å². The summed E-state index contributed by atoms with van der Waals surface area (Å²) in [5, 5.41) is 6.59. The van der Waals surface area contributed by atoms with Crippen LogP contribution in [0.3, 0.4) is 0 Å². The maximum absolute atomic E-state index is 5.03. The average molecular weight is 152 g/mol. The fourth-order valence-electron chi connectivity index (χ4n) is 0.872. The highest BCUT2D eigenvalue weighted by Gasteiger charge is 2.05. The molecule has 0 aliphatic carbocycles. The molecule has 0 saturated carbocycles. The van der Waals surface area contributed by atoms with Gasteiger partial charge in [-0.15, -0.1) is 0 Å². The lowest BCUT2D eigenvalue weighted by molar-refractivity contribution is 0.395. The lowest BCUT2D eigenvalue weighted by atomic mass is 10.1. The second-order valence-corrected chi connectivity index (χ2v) is 2.27. The van der Waals surface area contributed by atoms with E-state index >= 15 is 0 Å². The summed E-state index contributed by atoms with van der Waals surface area (Å²) in [7, 11) is 1.61. The molecular formula is C8H12N2O. The number of nitrogens with one attached hydrogen (secondary N) is 1. The molecule has 0 atom stereocenters. The highest BCUT2D eigenvalue weighted by molar-refractivity contribution is 5.66. The molecule has 1 rings (SSSR count). The summed E-state index contributed by atoms with van der Waals surface area (Å²) in [6, 6.07) is 0. The van der Waals surface area contributed by atoms with Gasteiger partial charge in [-0.05, 0) is 12.0 Å². The van der Waals surface area contributed by atoms with Crippen LogP contribution in [0.2, 0.25) is 0 Å². The fraction of sp³-hybridized carbons (Fsp3) is 0.375. The van der Waals surface area contributed by atoms with Crippen molar-refractivity contribution in [3.63, 3.8) is 0 Å². The Morgan fingerprint density at radius 1 is 1.82 bits per heavy atom. The van der Waals surface area contributed by atoms with Crippen molar-refractivity contribution in [1.29, 1.82) is 0 Å². The molecule has 0 aromatic carbocycles. The van der Waals surface area contributed by atoms with E-state index in [0.717, 1.165) is 17.6 Å². The first-order valence-electron chi connectivity index (χ1n) is 3.55. The van der Waals surface area contributed by atoms with Crippen molar-refractivity contribution < 1.29 is 4.74 Å². The van der Waals surface area contributed by atoms with Crippen LogP contribution in [0.5, 0.6) is 5.88 Å². The maximum Gasteiger partial charge on any atom is 0.216 e. The molecule has 0 unspecified atom stereocenters. The van der Waals surface area contributed by atoms with Gasteiger partial charge in [0.15, 0.2) is 0 Å². The molecule has 3 heteroatoms. The first kappa shape index (κ1) is 7.85. The van der Waals surface area contributed by atoms with E-state index in [0.29, 0.717) is 5.88 Å². The number of hydrogen-bond donors (Lipinski definition) is 1. The molecule has 0 amide bonds. The number of H-pyrrole nitrogens is 1. The minimum absolute atomic E-state index is 0.692. The van der Waals surface area contributed by atoms with Crippen LogP contribution in [0.15, 0.2) is 12.8 Å². The zero-order valence-electron chi connectivity index (χ0n) is 6.85. The Morgan fingerprint density at radius 2 is 2.55 bits per heavy atom. The monoisotopic (exact) mass is 152 g/mol. The van der Waals surface area contributed by atoms with Gasteiger partial charge >= 0.3 is 0 Å². The Balaban J connectivity index is 2.92. The van der Waals surface area contributed by atoms with Gasteiger partial charge in [0.25, 0.3) is 0 Å². The minimum atomic E-state index is 0.692. The van der Waals surface area contributed by atoms with E-state index < -0.39 is 0 Å². The number of aromatic amines is 1. The first-order valence-corrected chi connectivity index (χ1v) is 3.55. The standard InChI is InChI=1S/C8H12N2O/c1-4-6(2)7-5-9-10-8(7)11-3/h5H,2,4H2,1,3H3,(H,9,10). The molecular weight excluding hydrogens is 140 g/mol. The number of hydrogen-bond acceptors (Lipinski definition) is 2. The topological polar surface area (TPSA) is 37.9 Å². The van der Waals surface area contributed by atoms with E-state index in [1.54, 1.807) is 13.3 Å². The quantitative estimate of drug-likeness (QED) is 0.717. The Labute approximate surface area is 66.1 Å². The van der Waals surface area contributed by atoms with Crippen molar-refractivity contribution in [2.75, 3.05) is 7.11 Å². The average Bonchev–Trinajstić information content (AvgIpc) is 2.50. The molecule has 11 heavy (non-hydrogen) atoms. The summed E-state index contributed by atoms with van der Waals surface area (Å²) in [6.45, 7) is 5.93. The maximum atomic E-state index is 5.03. The smallest absolute Gasteiger partial charge is 0.216 e. The van der Waals surface area contributed by atoms with Gasteiger partial charge in [-0.2, -0.15) is 5.10 Å². The molecule has 1 N–H and O–H groups in total. The van der Waals surface area contributed by atoms with Crippen LogP contribution >= 0.6 is 0 Å². The molecule has 0 fully saturated rings. The molecule has 1 heterocycles. The summed E-state index contributed by atoms with van der Waals surface area (Å²) in [5.41, 5.74) is 2.01. The molecule has 0 radical (unpaired) electrons. The van der Waals surface area contributed by atoms with Gasteiger partial charge in [0.05, 0.1) is 18.9 Å². The molecule has 60 valence electrons. The van der Waals surface area contributed by atoms with E-state index in [1.807, 2.05) is 0 Å². The van der Waals surface area contributed by atoms with E-state index in [2.05, 4.69) is 23.7 Å². The normalized spacial score (nSPS) is 9.64. The van der Waals surface area contributed by atoms with Crippen LogP contribution in [0, 0.1) is 0 Å². The number of methoxy groups -OCH3 is 1. The molecule has 0 bridgehead atoms. The Hall–Kier alpha value is -1.25. The van der Waals surface area contributed by atoms with Gasteiger partial charge in [0, 0.05) is 0 Å². The SMILES string of the molecule is C=C(CC)c1cn[nH]c1OC. The Morgan fingerprint density at radius 3 is 3.09 bits per heavy atom. The Bertz CT molecular complexity index is 252. The van der Waals surface area contributed by atoms with Crippen LogP contribution in [0.1, 0.15) is 18.9 Å². The van der Waals surface area contributed by atoms with Crippen LogP contribution < -0.4 is 4.74 Å². The number of ether oxygens (including phenoxy) is 1. The highest BCUT2D eigenvalue weighted by Crippen LogP contribution is 2.23. The van der Waals surface area contributed by atoms with Gasteiger partial charge in [0.2, 0.25) is 5.88 Å². The molecule has 1 aromatic rings. The molecule has 3 nitrogen and oxygen atoms in total. The van der Waals surface area contributed by atoms with Crippen molar-refractivity contribution in [2.24, 2.45) is 0 Å². The van der Waals surface area contributed by atoms with Crippen LogP contribution in [-0.2, 0) is 0 Å².